The minimum Gasteiger partial charge on any atom is -0.465 e. The van der Waals surface area contributed by atoms with Crippen LogP contribution in [-0.4, -0.2) is 38.4 Å². The van der Waals surface area contributed by atoms with Crippen LogP contribution < -0.4 is 0 Å². The predicted molar refractivity (Wildman–Crippen MR) is 75.9 cm³/mol. The van der Waals surface area contributed by atoms with Crippen molar-refractivity contribution in [1.29, 1.82) is 0 Å². The summed E-state index contributed by atoms with van der Waals surface area (Å²) in [4.78, 5) is 11.9. The number of sulfonamides is 1. The average molecular weight is 368 g/mol. The summed E-state index contributed by atoms with van der Waals surface area (Å²) in [6.45, 7) is 2.25. The number of halogens is 1. The Labute approximate surface area is 124 Å². The molecule has 0 aliphatic heterocycles. The van der Waals surface area contributed by atoms with Gasteiger partial charge in [0.15, 0.2) is 0 Å². The summed E-state index contributed by atoms with van der Waals surface area (Å²) in [5.74, 6) is -0.526. The van der Waals surface area contributed by atoms with Crippen LogP contribution in [0, 0.1) is 0 Å². The molecule has 1 aromatic rings. The molecule has 1 saturated carbocycles. The molecule has 8 heteroatoms. The number of thiophene rings is 1. The van der Waals surface area contributed by atoms with E-state index in [2.05, 4.69) is 20.7 Å². The Hall–Kier alpha value is -0.440. The molecule has 0 spiro atoms. The van der Waals surface area contributed by atoms with Gasteiger partial charge in [-0.05, 0) is 34.8 Å². The molecule has 0 bridgehead atoms. The first kappa shape index (κ1) is 15.0. The van der Waals surface area contributed by atoms with Crippen molar-refractivity contribution in [1.82, 2.24) is 4.31 Å². The van der Waals surface area contributed by atoms with Gasteiger partial charge in [0, 0.05) is 12.6 Å². The summed E-state index contributed by atoms with van der Waals surface area (Å²) in [6, 6.07) is 1.48. The van der Waals surface area contributed by atoms with Crippen LogP contribution in [0.25, 0.3) is 0 Å². The van der Waals surface area contributed by atoms with Gasteiger partial charge < -0.3 is 4.74 Å². The van der Waals surface area contributed by atoms with E-state index in [4.69, 9.17) is 0 Å². The summed E-state index contributed by atoms with van der Waals surface area (Å²) in [7, 11) is -2.28. The highest BCUT2D eigenvalue weighted by Crippen LogP contribution is 2.37. The van der Waals surface area contributed by atoms with Gasteiger partial charge in [-0.25, -0.2) is 13.2 Å². The minimum absolute atomic E-state index is 0.100. The molecule has 1 aliphatic rings. The second kappa shape index (κ2) is 5.51. The Morgan fingerprint density at radius 2 is 2.21 bits per heavy atom. The zero-order valence-corrected chi connectivity index (χ0v) is 13.8. The number of esters is 1. The van der Waals surface area contributed by atoms with Crippen molar-refractivity contribution in [3.8, 4) is 0 Å². The number of hydrogen-bond donors (Lipinski definition) is 0. The van der Waals surface area contributed by atoms with E-state index in [1.807, 2.05) is 6.92 Å². The predicted octanol–water partition coefficient (Wildman–Crippen LogP) is 2.47. The summed E-state index contributed by atoms with van der Waals surface area (Å²) in [5.41, 5.74) is 0. The molecule has 2 rings (SSSR count). The van der Waals surface area contributed by atoms with Crippen molar-refractivity contribution < 1.29 is 17.9 Å². The third-order valence-corrected chi connectivity index (χ3v) is 7.15. The Bertz CT molecular complexity index is 592. The molecule has 19 heavy (non-hydrogen) atoms. The zero-order valence-electron chi connectivity index (χ0n) is 10.6. The van der Waals surface area contributed by atoms with Gasteiger partial charge in [0.25, 0.3) is 0 Å². The summed E-state index contributed by atoms with van der Waals surface area (Å²) < 4.78 is 31.6. The number of ether oxygens (including phenoxy) is 1. The Kier molecular flexibility index (Phi) is 4.34. The van der Waals surface area contributed by atoms with Crippen molar-refractivity contribution in [2.75, 3.05) is 13.7 Å². The van der Waals surface area contributed by atoms with Crippen molar-refractivity contribution in [3.05, 3.63) is 14.7 Å². The summed E-state index contributed by atoms with van der Waals surface area (Å²) >= 11 is 4.29. The van der Waals surface area contributed by atoms with E-state index in [0.717, 1.165) is 24.2 Å². The van der Waals surface area contributed by atoms with E-state index in [9.17, 15) is 13.2 Å². The third kappa shape index (κ3) is 2.86. The molecule has 5 nitrogen and oxygen atoms in total. The molecular weight excluding hydrogens is 354 g/mol. The van der Waals surface area contributed by atoms with Crippen molar-refractivity contribution in [2.24, 2.45) is 0 Å². The number of carbonyl (C=O) groups is 1. The first-order valence-electron chi connectivity index (χ1n) is 5.81. The maximum Gasteiger partial charge on any atom is 0.348 e. The fourth-order valence-corrected chi connectivity index (χ4v) is 5.97. The fourth-order valence-electron chi connectivity index (χ4n) is 1.84. The quantitative estimate of drug-likeness (QED) is 0.749. The van der Waals surface area contributed by atoms with Crippen LogP contribution in [0.3, 0.4) is 0 Å². The van der Waals surface area contributed by atoms with Gasteiger partial charge in [0.1, 0.15) is 9.77 Å². The molecule has 0 radical (unpaired) electrons. The van der Waals surface area contributed by atoms with Crippen molar-refractivity contribution in [3.63, 3.8) is 0 Å². The van der Waals surface area contributed by atoms with Crippen LogP contribution >= 0.6 is 27.3 Å². The molecule has 1 heterocycles. The van der Waals surface area contributed by atoms with Crippen LogP contribution in [0.1, 0.15) is 29.4 Å². The molecule has 0 unspecified atom stereocenters. The SMILES string of the molecule is CCN(C1CC1)S(=O)(=O)c1cc(C(=O)OC)sc1Br. The number of hydrogen-bond acceptors (Lipinski definition) is 5. The topological polar surface area (TPSA) is 63.7 Å². The van der Waals surface area contributed by atoms with E-state index >= 15 is 0 Å². The van der Waals surface area contributed by atoms with E-state index < -0.39 is 16.0 Å². The largest absolute Gasteiger partial charge is 0.465 e. The smallest absolute Gasteiger partial charge is 0.348 e. The first-order chi connectivity index (χ1) is 8.91. The van der Waals surface area contributed by atoms with Gasteiger partial charge in [0.05, 0.1) is 10.9 Å². The number of carbonyl (C=O) groups excluding carboxylic acids is 1. The molecule has 1 aliphatic carbocycles. The van der Waals surface area contributed by atoms with Gasteiger partial charge in [-0.2, -0.15) is 4.31 Å². The Balaban J connectivity index is 2.40. The van der Waals surface area contributed by atoms with E-state index in [1.54, 1.807) is 0 Å². The van der Waals surface area contributed by atoms with Gasteiger partial charge in [-0.1, -0.05) is 6.92 Å². The highest BCUT2D eigenvalue weighted by Gasteiger charge is 2.38. The molecule has 106 valence electrons. The van der Waals surface area contributed by atoms with Crippen LogP contribution in [-0.2, 0) is 14.8 Å². The normalized spacial score (nSPS) is 15.8. The van der Waals surface area contributed by atoms with Gasteiger partial charge in [0.2, 0.25) is 10.0 Å². The maximum absolute atomic E-state index is 12.5. The lowest BCUT2D eigenvalue weighted by atomic mass is 10.5. The number of nitrogens with zero attached hydrogens (tertiary/aromatic N) is 1. The van der Waals surface area contributed by atoms with E-state index in [-0.39, 0.29) is 15.8 Å². The van der Waals surface area contributed by atoms with Crippen LogP contribution in [0.5, 0.6) is 0 Å². The molecule has 0 atom stereocenters. The standard InChI is InChI=1S/C11H14BrNO4S2/c1-3-13(7-4-5-7)19(15,16)9-6-8(11(14)17-2)18-10(9)12/h6-7H,3-5H2,1-2H3. The van der Waals surface area contributed by atoms with E-state index in [1.165, 1.54) is 17.5 Å². The van der Waals surface area contributed by atoms with Crippen LogP contribution in [0.2, 0.25) is 0 Å². The van der Waals surface area contributed by atoms with Gasteiger partial charge in [-0.3, -0.25) is 0 Å². The van der Waals surface area contributed by atoms with Crippen molar-refractivity contribution >= 4 is 43.3 Å². The second-order valence-electron chi connectivity index (χ2n) is 4.18. The van der Waals surface area contributed by atoms with Gasteiger partial charge in [-0.15, -0.1) is 11.3 Å². The zero-order chi connectivity index (χ0) is 14.2. The molecule has 1 aromatic heterocycles. The lowest BCUT2D eigenvalue weighted by molar-refractivity contribution is 0.0606. The third-order valence-electron chi connectivity index (χ3n) is 2.89. The highest BCUT2D eigenvalue weighted by molar-refractivity contribution is 9.11. The molecule has 0 saturated heterocycles. The molecule has 1 fully saturated rings. The Morgan fingerprint density at radius 3 is 2.68 bits per heavy atom. The fraction of sp³-hybridized carbons (Fsp3) is 0.545. The molecule has 0 aromatic carbocycles. The lowest BCUT2D eigenvalue weighted by Gasteiger charge is -2.19. The number of methoxy groups -OCH3 is 1. The number of rotatable bonds is 5. The molecular formula is C11H14BrNO4S2. The molecule has 0 amide bonds. The average Bonchev–Trinajstić information content (AvgIpc) is 3.10. The highest BCUT2D eigenvalue weighted by atomic mass is 79.9. The minimum atomic E-state index is -3.55. The van der Waals surface area contributed by atoms with E-state index in [0.29, 0.717) is 10.3 Å². The summed E-state index contributed by atoms with van der Waals surface area (Å²) in [5, 5.41) is 0. The molecule has 0 N–H and O–H groups in total. The summed E-state index contributed by atoms with van der Waals surface area (Å²) in [6.07, 6.45) is 1.80. The second-order valence-corrected chi connectivity index (χ2v) is 8.41. The van der Waals surface area contributed by atoms with Gasteiger partial charge >= 0.3 is 5.97 Å². The van der Waals surface area contributed by atoms with Crippen LogP contribution in [0.15, 0.2) is 14.7 Å². The lowest BCUT2D eigenvalue weighted by Crippen LogP contribution is -2.32. The van der Waals surface area contributed by atoms with Crippen molar-refractivity contribution in [2.45, 2.75) is 30.7 Å². The maximum atomic E-state index is 12.5. The monoisotopic (exact) mass is 367 g/mol. The Morgan fingerprint density at radius 1 is 1.58 bits per heavy atom. The van der Waals surface area contributed by atoms with Crippen LogP contribution in [0.4, 0.5) is 0 Å². The first-order valence-corrected chi connectivity index (χ1v) is 8.86.